The first-order valence-corrected chi connectivity index (χ1v) is 5.48. The lowest BCUT2D eigenvalue weighted by Crippen LogP contribution is -2.49. The third kappa shape index (κ3) is 2.75. The summed E-state index contributed by atoms with van der Waals surface area (Å²) in [4.78, 5) is 30.1. The number of amides is 2. The van der Waals surface area contributed by atoms with Crippen molar-refractivity contribution in [1.82, 2.24) is 9.88 Å². The SMILES string of the molecule is CN1CCN(c2cc(OC(N)=O)ccn2)C(=O)C1. The van der Waals surface area contributed by atoms with Crippen molar-refractivity contribution in [3.8, 4) is 5.75 Å². The minimum Gasteiger partial charge on any atom is -0.410 e. The molecule has 0 spiro atoms. The van der Waals surface area contributed by atoms with Gasteiger partial charge in [-0.2, -0.15) is 0 Å². The molecule has 1 aliphatic heterocycles. The Morgan fingerprint density at radius 2 is 2.28 bits per heavy atom. The van der Waals surface area contributed by atoms with E-state index in [2.05, 4.69) is 4.98 Å². The van der Waals surface area contributed by atoms with E-state index in [9.17, 15) is 9.59 Å². The Kier molecular flexibility index (Phi) is 3.42. The number of carbonyl (C=O) groups is 2. The number of piperazine rings is 1. The normalized spacial score (nSPS) is 16.7. The summed E-state index contributed by atoms with van der Waals surface area (Å²) in [7, 11) is 1.88. The summed E-state index contributed by atoms with van der Waals surface area (Å²) in [5.41, 5.74) is 4.93. The van der Waals surface area contributed by atoms with Gasteiger partial charge in [0.1, 0.15) is 11.6 Å². The van der Waals surface area contributed by atoms with Gasteiger partial charge in [-0.3, -0.25) is 14.6 Å². The molecular formula is C11H14N4O3. The number of nitrogens with zero attached hydrogens (tertiary/aromatic N) is 3. The molecule has 2 amide bonds. The van der Waals surface area contributed by atoms with E-state index >= 15 is 0 Å². The third-order valence-electron chi connectivity index (χ3n) is 2.62. The summed E-state index contributed by atoms with van der Waals surface area (Å²) in [6.07, 6.45) is 0.580. The first-order chi connectivity index (χ1) is 8.56. The van der Waals surface area contributed by atoms with Crippen LogP contribution in [0, 0.1) is 0 Å². The molecule has 0 aliphatic carbocycles. The van der Waals surface area contributed by atoms with Crippen molar-refractivity contribution >= 4 is 17.8 Å². The number of primary amides is 1. The molecule has 18 heavy (non-hydrogen) atoms. The van der Waals surface area contributed by atoms with E-state index in [0.29, 0.717) is 18.9 Å². The predicted molar refractivity (Wildman–Crippen MR) is 64.3 cm³/mol. The van der Waals surface area contributed by atoms with Gasteiger partial charge in [0.25, 0.3) is 0 Å². The number of anilines is 1. The maximum absolute atomic E-state index is 11.9. The Morgan fingerprint density at radius 1 is 1.50 bits per heavy atom. The van der Waals surface area contributed by atoms with Crippen molar-refractivity contribution in [2.24, 2.45) is 5.73 Å². The molecule has 7 heteroatoms. The molecule has 1 aliphatic rings. The van der Waals surface area contributed by atoms with Crippen LogP contribution in [0.1, 0.15) is 0 Å². The second-order valence-corrected chi connectivity index (χ2v) is 4.05. The lowest BCUT2D eigenvalue weighted by molar-refractivity contribution is -0.120. The average Bonchev–Trinajstić information content (AvgIpc) is 2.28. The number of likely N-dealkylation sites (N-methyl/N-ethyl adjacent to an activating group) is 1. The van der Waals surface area contributed by atoms with Crippen LogP contribution in [-0.2, 0) is 4.79 Å². The molecule has 1 saturated heterocycles. The fourth-order valence-corrected chi connectivity index (χ4v) is 1.76. The highest BCUT2D eigenvalue weighted by molar-refractivity contribution is 5.94. The molecule has 1 aromatic heterocycles. The molecule has 0 bridgehead atoms. The van der Waals surface area contributed by atoms with Gasteiger partial charge in [-0.15, -0.1) is 0 Å². The lowest BCUT2D eigenvalue weighted by Gasteiger charge is -2.31. The summed E-state index contributed by atoms with van der Waals surface area (Å²) in [5, 5.41) is 0. The van der Waals surface area contributed by atoms with E-state index in [-0.39, 0.29) is 11.7 Å². The Hall–Kier alpha value is -2.15. The van der Waals surface area contributed by atoms with E-state index in [1.165, 1.54) is 18.3 Å². The number of aromatic nitrogens is 1. The minimum absolute atomic E-state index is 0.0347. The topological polar surface area (TPSA) is 88.8 Å². The first kappa shape index (κ1) is 12.3. The summed E-state index contributed by atoms with van der Waals surface area (Å²) in [6, 6.07) is 3.03. The van der Waals surface area contributed by atoms with Crippen molar-refractivity contribution in [2.75, 3.05) is 31.6 Å². The van der Waals surface area contributed by atoms with E-state index in [1.54, 1.807) is 4.90 Å². The zero-order valence-corrected chi connectivity index (χ0v) is 10.00. The van der Waals surface area contributed by atoms with Crippen LogP contribution in [0.25, 0.3) is 0 Å². The van der Waals surface area contributed by atoms with E-state index in [1.807, 2.05) is 11.9 Å². The van der Waals surface area contributed by atoms with Crippen LogP contribution in [0.2, 0.25) is 0 Å². The Bertz CT molecular complexity index is 477. The summed E-state index contributed by atoms with van der Waals surface area (Å²) < 4.78 is 4.75. The molecule has 1 fully saturated rings. The number of pyridine rings is 1. The largest absolute Gasteiger partial charge is 0.410 e. The first-order valence-electron chi connectivity index (χ1n) is 5.48. The van der Waals surface area contributed by atoms with Gasteiger partial charge in [-0.25, -0.2) is 9.78 Å². The Balaban J connectivity index is 2.17. The maximum Gasteiger partial charge on any atom is 0.409 e. The fourth-order valence-electron chi connectivity index (χ4n) is 1.76. The number of rotatable bonds is 2. The van der Waals surface area contributed by atoms with Crippen LogP contribution < -0.4 is 15.4 Å². The average molecular weight is 250 g/mol. The van der Waals surface area contributed by atoms with Crippen LogP contribution in [0.5, 0.6) is 5.75 Å². The Morgan fingerprint density at radius 3 is 2.94 bits per heavy atom. The third-order valence-corrected chi connectivity index (χ3v) is 2.62. The number of ether oxygens (including phenoxy) is 1. The van der Waals surface area contributed by atoms with Crippen LogP contribution >= 0.6 is 0 Å². The number of carbonyl (C=O) groups excluding carboxylic acids is 2. The molecule has 1 aromatic rings. The zero-order valence-electron chi connectivity index (χ0n) is 10.00. The van der Waals surface area contributed by atoms with E-state index < -0.39 is 6.09 Å². The van der Waals surface area contributed by atoms with Crippen molar-refractivity contribution < 1.29 is 14.3 Å². The molecule has 0 saturated carbocycles. The van der Waals surface area contributed by atoms with Crippen molar-refractivity contribution in [3.63, 3.8) is 0 Å². The Labute approximate surface area is 104 Å². The lowest BCUT2D eigenvalue weighted by atomic mass is 10.3. The standard InChI is InChI=1S/C11H14N4O3/c1-14-4-5-15(10(16)7-14)9-6-8(2-3-13-9)18-11(12)17/h2-3,6H,4-5,7H2,1H3,(H2,12,17). The van der Waals surface area contributed by atoms with Gasteiger partial charge in [-0.05, 0) is 13.1 Å². The molecular weight excluding hydrogens is 236 g/mol. The molecule has 2 N–H and O–H groups in total. The van der Waals surface area contributed by atoms with Crippen LogP contribution in [0.4, 0.5) is 10.6 Å². The molecule has 0 unspecified atom stereocenters. The van der Waals surface area contributed by atoms with E-state index in [4.69, 9.17) is 10.5 Å². The number of hydrogen-bond acceptors (Lipinski definition) is 5. The van der Waals surface area contributed by atoms with E-state index in [0.717, 1.165) is 6.54 Å². The van der Waals surface area contributed by atoms with Gasteiger partial charge in [0.15, 0.2) is 0 Å². The zero-order chi connectivity index (χ0) is 13.1. The minimum atomic E-state index is -0.892. The maximum atomic E-state index is 11.9. The van der Waals surface area contributed by atoms with Crippen molar-refractivity contribution in [2.45, 2.75) is 0 Å². The highest BCUT2D eigenvalue weighted by atomic mass is 16.5. The highest BCUT2D eigenvalue weighted by Gasteiger charge is 2.23. The molecule has 7 nitrogen and oxygen atoms in total. The molecule has 0 atom stereocenters. The van der Waals surface area contributed by atoms with Gasteiger partial charge >= 0.3 is 6.09 Å². The van der Waals surface area contributed by atoms with Gasteiger partial charge in [0, 0.05) is 25.4 Å². The van der Waals surface area contributed by atoms with Crippen LogP contribution in [-0.4, -0.2) is 48.6 Å². The second-order valence-electron chi connectivity index (χ2n) is 4.05. The molecule has 96 valence electrons. The molecule has 0 radical (unpaired) electrons. The predicted octanol–water partition coefficient (Wildman–Crippen LogP) is -0.183. The van der Waals surface area contributed by atoms with Gasteiger partial charge in [0.05, 0.1) is 6.54 Å². The molecule has 2 rings (SSSR count). The monoisotopic (exact) mass is 250 g/mol. The number of nitrogens with two attached hydrogens (primary N) is 1. The summed E-state index contributed by atoms with van der Waals surface area (Å²) in [5.74, 6) is 0.707. The van der Waals surface area contributed by atoms with Gasteiger partial charge < -0.3 is 10.5 Å². The number of hydrogen-bond donors (Lipinski definition) is 1. The van der Waals surface area contributed by atoms with Crippen LogP contribution in [0.15, 0.2) is 18.3 Å². The molecule has 0 aromatic carbocycles. The quantitative estimate of drug-likeness (QED) is 0.786. The summed E-state index contributed by atoms with van der Waals surface area (Å²) >= 11 is 0. The molecule has 2 heterocycles. The summed E-state index contributed by atoms with van der Waals surface area (Å²) in [6.45, 7) is 1.68. The second kappa shape index (κ2) is 5.01. The van der Waals surface area contributed by atoms with Gasteiger partial charge in [0.2, 0.25) is 5.91 Å². The fraction of sp³-hybridized carbons (Fsp3) is 0.364. The van der Waals surface area contributed by atoms with Crippen molar-refractivity contribution in [1.29, 1.82) is 0 Å². The van der Waals surface area contributed by atoms with Crippen molar-refractivity contribution in [3.05, 3.63) is 18.3 Å². The smallest absolute Gasteiger partial charge is 0.409 e. The van der Waals surface area contributed by atoms with Crippen LogP contribution in [0.3, 0.4) is 0 Å². The highest BCUT2D eigenvalue weighted by Crippen LogP contribution is 2.19. The van der Waals surface area contributed by atoms with Gasteiger partial charge in [-0.1, -0.05) is 0 Å².